The van der Waals surface area contributed by atoms with Crippen molar-refractivity contribution in [2.45, 2.75) is 38.4 Å². The van der Waals surface area contributed by atoms with E-state index in [1.165, 1.54) is 0 Å². The topological polar surface area (TPSA) is 21.3 Å². The Kier molecular flexibility index (Phi) is 4.48. The maximum absolute atomic E-state index is 6.16. The molecule has 18 heavy (non-hydrogen) atoms. The van der Waals surface area contributed by atoms with Gasteiger partial charge in [0.05, 0.1) is 27.4 Å². The van der Waals surface area contributed by atoms with Crippen molar-refractivity contribution in [1.29, 1.82) is 0 Å². The minimum Gasteiger partial charge on any atom is -0.380 e. The van der Waals surface area contributed by atoms with Crippen LogP contribution >= 0.6 is 39.1 Å². The van der Waals surface area contributed by atoms with Crippen molar-refractivity contribution in [3.05, 3.63) is 26.7 Å². The molecule has 0 aromatic heterocycles. The van der Waals surface area contributed by atoms with Gasteiger partial charge in [-0.05, 0) is 38.8 Å². The Morgan fingerprint density at radius 2 is 2.00 bits per heavy atom. The van der Waals surface area contributed by atoms with Gasteiger partial charge in [-0.1, -0.05) is 39.1 Å². The van der Waals surface area contributed by atoms with Gasteiger partial charge in [-0.25, -0.2) is 0 Å². The molecule has 100 valence electrons. The van der Waals surface area contributed by atoms with Gasteiger partial charge in [0.25, 0.3) is 0 Å². The third-order valence-electron chi connectivity index (χ3n) is 3.07. The number of ether oxygens (including phenoxy) is 1. The van der Waals surface area contributed by atoms with Crippen LogP contribution < -0.4 is 5.32 Å². The minimum atomic E-state index is -0.0142. The Morgan fingerprint density at radius 1 is 1.39 bits per heavy atom. The van der Waals surface area contributed by atoms with Crippen LogP contribution in [0.4, 0.5) is 5.69 Å². The highest BCUT2D eigenvalue weighted by Crippen LogP contribution is 2.35. The molecule has 0 spiro atoms. The molecule has 1 aromatic carbocycles. The number of rotatable bonds is 3. The standard InChI is InChI=1S/C13H16BrCl2NO/c1-13(2)4-3-9(18-13)7-17-12-10(15)5-8(14)6-11(12)16/h5-6,9,17H,3-4,7H2,1-2H3. The number of hydrogen-bond acceptors (Lipinski definition) is 2. The lowest BCUT2D eigenvalue weighted by atomic mass is 10.1. The highest BCUT2D eigenvalue weighted by Gasteiger charge is 2.31. The lowest BCUT2D eigenvalue weighted by Gasteiger charge is -2.20. The first-order valence-corrected chi connectivity index (χ1v) is 7.48. The summed E-state index contributed by atoms with van der Waals surface area (Å²) >= 11 is 15.7. The van der Waals surface area contributed by atoms with Crippen LogP contribution in [-0.2, 0) is 4.74 Å². The van der Waals surface area contributed by atoms with E-state index in [0.717, 1.165) is 29.5 Å². The van der Waals surface area contributed by atoms with Crippen LogP contribution in [0, 0.1) is 0 Å². The van der Waals surface area contributed by atoms with Crippen LogP contribution in [0.2, 0.25) is 10.0 Å². The molecule has 1 aromatic rings. The summed E-state index contributed by atoms with van der Waals surface area (Å²) in [5.74, 6) is 0. The summed E-state index contributed by atoms with van der Waals surface area (Å²) in [6.45, 7) is 4.96. The van der Waals surface area contributed by atoms with Crippen molar-refractivity contribution in [3.63, 3.8) is 0 Å². The molecule has 0 aliphatic carbocycles. The zero-order chi connectivity index (χ0) is 13.3. The highest BCUT2D eigenvalue weighted by molar-refractivity contribution is 9.10. The first-order valence-electron chi connectivity index (χ1n) is 5.94. The zero-order valence-electron chi connectivity index (χ0n) is 10.4. The van der Waals surface area contributed by atoms with E-state index in [1.807, 2.05) is 12.1 Å². The van der Waals surface area contributed by atoms with Gasteiger partial charge >= 0.3 is 0 Å². The first kappa shape index (κ1) is 14.4. The van der Waals surface area contributed by atoms with Gasteiger partial charge in [0.2, 0.25) is 0 Å². The van der Waals surface area contributed by atoms with Crippen molar-refractivity contribution in [2.75, 3.05) is 11.9 Å². The summed E-state index contributed by atoms with van der Waals surface area (Å²) in [7, 11) is 0. The van der Waals surface area contributed by atoms with E-state index in [4.69, 9.17) is 27.9 Å². The Bertz CT molecular complexity index is 428. The Labute approximate surface area is 126 Å². The van der Waals surface area contributed by atoms with Gasteiger partial charge < -0.3 is 10.1 Å². The van der Waals surface area contributed by atoms with Gasteiger partial charge in [0, 0.05) is 11.0 Å². The molecule has 1 atom stereocenters. The molecule has 1 unspecified atom stereocenters. The van der Waals surface area contributed by atoms with Gasteiger partial charge in [-0.2, -0.15) is 0 Å². The van der Waals surface area contributed by atoms with Crippen molar-refractivity contribution in [3.8, 4) is 0 Å². The van der Waals surface area contributed by atoms with E-state index in [-0.39, 0.29) is 11.7 Å². The lowest BCUT2D eigenvalue weighted by Crippen LogP contribution is -2.25. The smallest absolute Gasteiger partial charge is 0.0755 e. The van der Waals surface area contributed by atoms with Gasteiger partial charge in [-0.15, -0.1) is 0 Å². The molecule has 1 heterocycles. The largest absolute Gasteiger partial charge is 0.380 e. The molecule has 2 rings (SSSR count). The Balaban J connectivity index is 1.99. The van der Waals surface area contributed by atoms with E-state index in [1.54, 1.807) is 0 Å². The molecule has 1 aliphatic rings. The molecule has 1 N–H and O–H groups in total. The third-order valence-corrected chi connectivity index (χ3v) is 4.12. The van der Waals surface area contributed by atoms with Crippen LogP contribution in [0.1, 0.15) is 26.7 Å². The molecule has 1 fully saturated rings. The molecule has 5 heteroatoms. The fourth-order valence-corrected chi connectivity index (χ4v) is 3.49. The van der Waals surface area contributed by atoms with Crippen LogP contribution in [0.3, 0.4) is 0 Å². The van der Waals surface area contributed by atoms with E-state index in [9.17, 15) is 0 Å². The summed E-state index contributed by atoms with van der Waals surface area (Å²) in [5, 5.41) is 4.51. The van der Waals surface area contributed by atoms with E-state index in [2.05, 4.69) is 35.1 Å². The molecule has 0 amide bonds. The minimum absolute atomic E-state index is 0.0142. The van der Waals surface area contributed by atoms with Gasteiger partial charge in [-0.3, -0.25) is 0 Å². The number of benzene rings is 1. The SMILES string of the molecule is CC1(C)CCC(CNc2c(Cl)cc(Br)cc2Cl)O1. The van der Waals surface area contributed by atoms with E-state index < -0.39 is 0 Å². The second kappa shape index (κ2) is 5.58. The number of hydrogen-bond donors (Lipinski definition) is 1. The van der Waals surface area contributed by atoms with Crippen LogP contribution in [0.5, 0.6) is 0 Å². The average Bonchev–Trinajstić information content (AvgIpc) is 2.56. The fraction of sp³-hybridized carbons (Fsp3) is 0.538. The fourth-order valence-electron chi connectivity index (χ4n) is 2.15. The monoisotopic (exact) mass is 351 g/mol. The summed E-state index contributed by atoms with van der Waals surface area (Å²) in [6.07, 6.45) is 2.36. The summed E-state index contributed by atoms with van der Waals surface area (Å²) in [4.78, 5) is 0. The summed E-state index contributed by atoms with van der Waals surface area (Å²) < 4.78 is 6.79. The number of halogens is 3. The first-order chi connectivity index (χ1) is 8.37. The maximum Gasteiger partial charge on any atom is 0.0755 e. The second-order valence-electron chi connectivity index (χ2n) is 5.16. The van der Waals surface area contributed by atoms with Crippen LogP contribution in [0.15, 0.2) is 16.6 Å². The zero-order valence-corrected chi connectivity index (χ0v) is 13.5. The predicted octanol–water partition coefficient (Wildman–Crippen LogP) is 5.13. The normalized spacial score (nSPS) is 22.2. The predicted molar refractivity (Wildman–Crippen MR) is 80.8 cm³/mol. The van der Waals surface area contributed by atoms with E-state index >= 15 is 0 Å². The molecule has 0 bridgehead atoms. The van der Waals surface area contributed by atoms with Crippen LogP contribution in [0.25, 0.3) is 0 Å². The molecule has 2 nitrogen and oxygen atoms in total. The molecule has 0 radical (unpaired) electrons. The second-order valence-corrected chi connectivity index (χ2v) is 6.89. The Morgan fingerprint density at radius 3 is 2.50 bits per heavy atom. The van der Waals surface area contributed by atoms with Gasteiger partial charge in [0.15, 0.2) is 0 Å². The van der Waals surface area contributed by atoms with E-state index in [0.29, 0.717) is 10.0 Å². The molecule has 1 aliphatic heterocycles. The van der Waals surface area contributed by atoms with Crippen molar-refractivity contribution < 1.29 is 4.74 Å². The van der Waals surface area contributed by atoms with Crippen molar-refractivity contribution in [1.82, 2.24) is 0 Å². The highest BCUT2D eigenvalue weighted by atomic mass is 79.9. The lowest BCUT2D eigenvalue weighted by molar-refractivity contribution is -0.00910. The van der Waals surface area contributed by atoms with Gasteiger partial charge in [0.1, 0.15) is 0 Å². The molecular weight excluding hydrogens is 337 g/mol. The quantitative estimate of drug-likeness (QED) is 0.814. The third kappa shape index (κ3) is 3.53. The average molecular weight is 353 g/mol. The molecule has 0 saturated carbocycles. The molecule has 1 saturated heterocycles. The number of nitrogens with one attached hydrogen (secondary N) is 1. The summed E-state index contributed by atoms with van der Waals surface area (Å²) in [6, 6.07) is 3.66. The maximum atomic E-state index is 6.16. The Hall–Kier alpha value is 0.0400. The van der Waals surface area contributed by atoms with Crippen molar-refractivity contribution >= 4 is 44.8 Å². The molecular formula is C13H16BrCl2NO. The number of anilines is 1. The summed E-state index contributed by atoms with van der Waals surface area (Å²) in [5.41, 5.74) is 0.759. The van der Waals surface area contributed by atoms with Crippen LogP contribution in [-0.4, -0.2) is 18.2 Å². The van der Waals surface area contributed by atoms with Crippen molar-refractivity contribution in [2.24, 2.45) is 0 Å².